The molecule has 5 nitrogen and oxygen atoms in total. The van der Waals surface area contributed by atoms with E-state index in [0.717, 1.165) is 10.6 Å². The maximum absolute atomic E-state index is 12.9. The lowest BCUT2D eigenvalue weighted by Crippen LogP contribution is -2.58. The zero-order chi connectivity index (χ0) is 17.3. The minimum absolute atomic E-state index is 0.105. The lowest BCUT2D eigenvalue weighted by atomic mass is 9.92. The molecule has 8 heteroatoms. The molecule has 1 amide bonds. The summed E-state index contributed by atoms with van der Waals surface area (Å²) in [6, 6.07) is 3.22. The molecule has 1 saturated heterocycles. The molecule has 23 heavy (non-hydrogen) atoms. The third-order valence-electron chi connectivity index (χ3n) is 3.84. The van der Waals surface area contributed by atoms with E-state index in [1.165, 1.54) is 6.20 Å². The van der Waals surface area contributed by atoms with Gasteiger partial charge in [0.25, 0.3) is 5.91 Å². The van der Waals surface area contributed by atoms with Crippen molar-refractivity contribution in [3.63, 3.8) is 0 Å². The van der Waals surface area contributed by atoms with E-state index < -0.39 is 24.2 Å². The highest BCUT2D eigenvalue weighted by Gasteiger charge is 2.55. The molecular weight excluding hydrogens is 311 g/mol. The molecule has 0 aliphatic carbocycles. The first-order valence-corrected chi connectivity index (χ1v) is 7.30. The number of hydrogen-bond donors (Lipinski definition) is 1. The van der Waals surface area contributed by atoms with Crippen LogP contribution in [0.15, 0.2) is 18.3 Å². The van der Waals surface area contributed by atoms with Crippen LogP contribution in [0.2, 0.25) is 0 Å². The highest BCUT2D eigenvalue weighted by atomic mass is 19.4. The van der Waals surface area contributed by atoms with E-state index in [1.54, 1.807) is 12.1 Å². The molecule has 128 valence electrons. The largest absolute Gasteiger partial charge is 0.418 e. The summed E-state index contributed by atoms with van der Waals surface area (Å²) in [7, 11) is 3.76. The Bertz CT molecular complexity index is 560. The Balaban J connectivity index is 2.11. The van der Waals surface area contributed by atoms with E-state index in [4.69, 9.17) is 0 Å². The van der Waals surface area contributed by atoms with Crippen LogP contribution in [0.5, 0.6) is 0 Å². The molecule has 1 atom stereocenters. The molecule has 0 saturated carbocycles. The molecule has 2 rings (SSSR count). The molecule has 1 aromatic heterocycles. The lowest BCUT2D eigenvalue weighted by Gasteiger charge is -2.40. The first-order valence-electron chi connectivity index (χ1n) is 7.30. The fourth-order valence-electron chi connectivity index (χ4n) is 2.59. The third-order valence-corrected chi connectivity index (χ3v) is 3.84. The van der Waals surface area contributed by atoms with Crippen molar-refractivity contribution in [2.45, 2.75) is 31.2 Å². The molecule has 1 N–H and O–H groups in total. The van der Waals surface area contributed by atoms with Crippen molar-refractivity contribution >= 4 is 5.91 Å². The van der Waals surface area contributed by atoms with E-state index in [9.17, 15) is 23.1 Å². The monoisotopic (exact) mass is 331 g/mol. The Morgan fingerprint density at radius 1 is 1.43 bits per heavy atom. The van der Waals surface area contributed by atoms with Gasteiger partial charge in [-0.15, -0.1) is 0 Å². The van der Waals surface area contributed by atoms with Crippen molar-refractivity contribution in [2.75, 3.05) is 27.2 Å². The lowest BCUT2D eigenvalue weighted by molar-refractivity contribution is -0.271. The topological polar surface area (TPSA) is 56.7 Å². The zero-order valence-electron chi connectivity index (χ0n) is 13.1. The maximum atomic E-state index is 12.9. The number of hydrogen-bond acceptors (Lipinski definition) is 4. The summed E-state index contributed by atoms with van der Waals surface area (Å²) in [5.41, 5.74) is -1.85. The number of carbonyl (C=O) groups is 1. The number of carbonyl (C=O) groups excluding carboxylic acids is 1. The van der Waals surface area contributed by atoms with Crippen molar-refractivity contribution in [1.82, 2.24) is 14.8 Å². The number of halogens is 3. The second kappa shape index (κ2) is 6.45. The molecule has 0 aromatic carbocycles. The Morgan fingerprint density at radius 3 is 2.65 bits per heavy atom. The van der Waals surface area contributed by atoms with Crippen LogP contribution in [0, 0.1) is 0 Å². The number of alkyl halides is 3. The van der Waals surface area contributed by atoms with E-state index in [2.05, 4.69) is 4.98 Å². The SMILES string of the molecule is CN(C)Cc1ccc(C(=O)N2CCCC(O)(C(F)(F)F)C2)cn1. The zero-order valence-corrected chi connectivity index (χ0v) is 13.1. The van der Waals surface area contributed by atoms with Crippen LogP contribution < -0.4 is 0 Å². The summed E-state index contributed by atoms with van der Waals surface area (Å²) in [5, 5.41) is 9.78. The smallest absolute Gasteiger partial charge is 0.379 e. The number of aliphatic hydroxyl groups is 1. The average molecular weight is 331 g/mol. The molecule has 0 radical (unpaired) electrons. The number of likely N-dealkylation sites (tertiary alicyclic amines) is 1. The van der Waals surface area contributed by atoms with Gasteiger partial charge >= 0.3 is 6.18 Å². The average Bonchev–Trinajstić information content (AvgIpc) is 2.45. The van der Waals surface area contributed by atoms with Crippen LogP contribution >= 0.6 is 0 Å². The molecule has 1 aliphatic rings. The van der Waals surface area contributed by atoms with Gasteiger partial charge in [0.05, 0.1) is 17.8 Å². The number of pyridine rings is 1. The van der Waals surface area contributed by atoms with Gasteiger partial charge in [0, 0.05) is 19.3 Å². The Labute approximate surface area is 132 Å². The quantitative estimate of drug-likeness (QED) is 0.915. The summed E-state index contributed by atoms with van der Waals surface area (Å²) in [6.07, 6.45) is -3.67. The summed E-state index contributed by atoms with van der Waals surface area (Å²) in [6.45, 7) is 0.0530. The minimum Gasteiger partial charge on any atom is -0.379 e. The molecule has 2 heterocycles. The van der Waals surface area contributed by atoms with Crippen LogP contribution in [0.3, 0.4) is 0 Å². The number of aromatic nitrogens is 1. The van der Waals surface area contributed by atoms with Gasteiger partial charge in [0.15, 0.2) is 5.60 Å². The number of β-amino-alcohol motifs (C(OH)–C–C–N with tert-alkyl or cyclic N) is 1. The van der Waals surface area contributed by atoms with Crippen LogP contribution in [-0.2, 0) is 6.54 Å². The number of rotatable bonds is 3. The first kappa shape index (κ1) is 17.7. The van der Waals surface area contributed by atoms with Crippen molar-refractivity contribution in [1.29, 1.82) is 0 Å². The molecule has 0 bridgehead atoms. The van der Waals surface area contributed by atoms with Gasteiger partial charge in [-0.3, -0.25) is 9.78 Å². The van der Waals surface area contributed by atoms with Gasteiger partial charge in [-0.25, -0.2) is 0 Å². The van der Waals surface area contributed by atoms with Crippen molar-refractivity contribution in [2.24, 2.45) is 0 Å². The van der Waals surface area contributed by atoms with Gasteiger partial charge < -0.3 is 14.9 Å². The summed E-state index contributed by atoms with van der Waals surface area (Å²) >= 11 is 0. The van der Waals surface area contributed by atoms with Crippen LogP contribution in [-0.4, -0.2) is 64.8 Å². The van der Waals surface area contributed by atoms with Crippen LogP contribution in [0.25, 0.3) is 0 Å². The van der Waals surface area contributed by atoms with E-state index >= 15 is 0 Å². The molecule has 1 aromatic rings. The van der Waals surface area contributed by atoms with E-state index in [-0.39, 0.29) is 24.9 Å². The van der Waals surface area contributed by atoms with Crippen molar-refractivity contribution in [3.8, 4) is 0 Å². The summed E-state index contributed by atoms with van der Waals surface area (Å²) in [5.74, 6) is -0.545. The Hall–Kier alpha value is -1.67. The van der Waals surface area contributed by atoms with Crippen molar-refractivity contribution in [3.05, 3.63) is 29.6 Å². The highest BCUT2D eigenvalue weighted by molar-refractivity contribution is 5.94. The second-order valence-corrected chi connectivity index (χ2v) is 6.14. The predicted molar refractivity (Wildman–Crippen MR) is 77.8 cm³/mol. The standard InChI is InChI=1S/C15H20F3N3O2/c1-20(2)9-12-5-4-11(8-19-12)13(22)21-7-3-6-14(23,10-21)15(16,17)18/h4-5,8,23H,3,6-7,9-10H2,1-2H3. The number of amides is 1. The highest BCUT2D eigenvalue weighted by Crippen LogP contribution is 2.37. The van der Waals surface area contributed by atoms with Gasteiger partial charge in [-0.05, 0) is 39.1 Å². The fraction of sp³-hybridized carbons (Fsp3) is 0.600. The van der Waals surface area contributed by atoms with Crippen LogP contribution in [0.4, 0.5) is 13.2 Å². The van der Waals surface area contributed by atoms with E-state index in [1.807, 2.05) is 19.0 Å². The number of piperidine rings is 1. The Morgan fingerprint density at radius 2 is 2.13 bits per heavy atom. The van der Waals surface area contributed by atoms with Gasteiger partial charge in [-0.1, -0.05) is 0 Å². The summed E-state index contributed by atoms with van der Waals surface area (Å²) < 4.78 is 38.8. The first-order chi connectivity index (χ1) is 10.6. The molecule has 0 spiro atoms. The molecule has 1 fully saturated rings. The van der Waals surface area contributed by atoms with Gasteiger partial charge in [-0.2, -0.15) is 13.2 Å². The van der Waals surface area contributed by atoms with Crippen LogP contribution in [0.1, 0.15) is 28.9 Å². The maximum Gasteiger partial charge on any atom is 0.418 e. The Kier molecular flexibility index (Phi) is 4.95. The molecule has 1 unspecified atom stereocenters. The van der Waals surface area contributed by atoms with Crippen molar-refractivity contribution < 1.29 is 23.1 Å². The van der Waals surface area contributed by atoms with E-state index in [0.29, 0.717) is 6.54 Å². The fourth-order valence-corrected chi connectivity index (χ4v) is 2.59. The number of nitrogens with zero attached hydrogens (tertiary/aromatic N) is 3. The molecular formula is C15H20F3N3O2. The normalized spacial score (nSPS) is 22.5. The summed E-state index contributed by atoms with van der Waals surface area (Å²) in [4.78, 5) is 19.4. The minimum atomic E-state index is -4.75. The third kappa shape index (κ3) is 4.00. The predicted octanol–water partition coefficient (Wildman–Crippen LogP) is 1.67. The molecule has 1 aliphatic heterocycles. The van der Waals surface area contributed by atoms with Gasteiger partial charge in [0.1, 0.15) is 0 Å². The van der Waals surface area contributed by atoms with Gasteiger partial charge in [0.2, 0.25) is 0 Å². The second-order valence-electron chi connectivity index (χ2n) is 6.14.